The van der Waals surface area contributed by atoms with Crippen molar-refractivity contribution in [3.05, 3.63) is 50.5 Å². The van der Waals surface area contributed by atoms with Crippen LogP contribution in [0.15, 0.2) is 34.8 Å². The summed E-state index contributed by atoms with van der Waals surface area (Å²) in [7, 11) is 0. The van der Waals surface area contributed by atoms with Crippen molar-refractivity contribution in [2.24, 2.45) is 5.92 Å². The summed E-state index contributed by atoms with van der Waals surface area (Å²) in [6.07, 6.45) is 7.35. The first-order valence-corrected chi connectivity index (χ1v) is 7.24. The van der Waals surface area contributed by atoms with E-state index in [0.717, 1.165) is 19.3 Å². The normalized spacial score (nSPS) is 17.8. The molecule has 20 heavy (non-hydrogen) atoms. The molecule has 2 rings (SSSR count). The molecule has 1 amide bonds. The van der Waals surface area contributed by atoms with Crippen LogP contribution in [0.3, 0.4) is 0 Å². The van der Waals surface area contributed by atoms with E-state index in [4.69, 9.17) is 0 Å². The van der Waals surface area contributed by atoms with Crippen LogP contribution in [-0.2, 0) is 0 Å². The molecule has 1 aliphatic rings. The van der Waals surface area contributed by atoms with Crippen LogP contribution in [0.25, 0.3) is 0 Å². The van der Waals surface area contributed by atoms with Crippen molar-refractivity contribution in [2.75, 3.05) is 6.54 Å². The summed E-state index contributed by atoms with van der Waals surface area (Å²) < 4.78 is 0.559. The first-order chi connectivity index (χ1) is 9.58. The second-order valence-corrected chi connectivity index (χ2v) is 5.64. The summed E-state index contributed by atoms with van der Waals surface area (Å²) in [5.41, 5.74) is 0.213. The fourth-order valence-corrected chi connectivity index (χ4v) is 2.60. The minimum atomic E-state index is -0.505. The zero-order chi connectivity index (χ0) is 14.5. The molecule has 1 aliphatic carbocycles. The average molecular weight is 339 g/mol. The molecule has 0 fully saturated rings. The molecule has 1 N–H and O–H groups in total. The molecule has 1 atom stereocenters. The molecule has 1 unspecified atom stereocenters. The van der Waals surface area contributed by atoms with Crippen LogP contribution in [0.2, 0.25) is 0 Å². The van der Waals surface area contributed by atoms with E-state index in [0.29, 0.717) is 22.5 Å². The van der Waals surface area contributed by atoms with Crippen molar-refractivity contribution >= 4 is 27.5 Å². The highest BCUT2D eigenvalue weighted by Gasteiger charge is 2.17. The topological polar surface area (TPSA) is 72.2 Å². The molecule has 106 valence electrons. The second kappa shape index (κ2) is 6.65. The highest BCUT2D eigenvalue weighted by molar-refractivity contribution is 9.10. The molecular weight excluding hydrogens is 324 g/mol. The Kier molecular flexibility index (Phi) is 4.89. The van der Waals surface area contributed by atoms with Crippen LogP contribution in [0.4, 0.5) is 5.69 Å². The van der Waals surface area contributed by atoms with Crippen molar-refractivity contribution in [1.82, 2.24) is 5.32 Å². The van der Waals surface area contributed by atoms with Crippen LogP contribution in [0.5, 0.6) is 0 Å². The lowest BCUT2D eigenvalue weighted by Gasteiger charge is -2.18. The number of nitrogens with one attached hydrogen (secondary N) is 1. The van der Waals surface area contributed by atoms with Gasteiger partial charge in [-0.3, -0.25) is 14.9 Å². The maximum absolute atomic E-state index is 12.1. The number of nitrogens with zero attached hydrogens (tertiary/aromatic N) is 1. The Bertz CT molecular complexity index is 557. The van der Waals surface area contributed by atoms with E-state index in [2.05, 4.69) is 33.4 Å². The van der Waals surface area contributed by atoms with Gasteiger partial charge in [-0.15, -0.1) is 0 Å². The summed E-state index contributed by atoms with van der Waals surface area (Å²) in [6.45, 7) is 0.596. The standard InChI is InChI=1S/C14H15BrN2O3/c15-13-7-6-11(17(19)20)8-12(13)14(18)16-9-10-4-2-1-3-5-10/h1-2,6-8,10H,3-5,9H2,(H,16,18). The van der Waals surface area contributed by atoms with E-state index < -0.39 is 4.92 Å². The fraction of sp³-hybridized carbons (Fsp3) is 0.357. The van der Waals surface area contributed by atoms with E-state index in [-0.39, 0.29) is 11.6 Å². The van der Waals surface area contributed by atoms with Gasteiger partial charge in [0, 0.05) is 23.2 Å². The van der Waals surface area contributed by atoms with Gasteiger partial charge in [-0.1, -0.05) is 12.2 Å². The summed E-state index contributed by atoms with van der Waals surface area (Å²) in [5, 5.41) is 13.6. The van der Waals surface area contributed by atoms with Gasteiger partial charge in [0.1, 0.15) is 0 Å². The Hall–Kier alpha value is -1.69. The maximum atomic E-state index is 12.1. The molecule has 0 aliphatic heterocycles. The Morgan fingerprint density at radius 2 is 2.25 bits per heavy atom. The number of non-ortho nitro benzene ring substituents is 1. The Labute approximate surface area is 125 Å². The number of amides is 1. The highest BCUT2D eigenvalue weighted by Crippen LogP contribution is 2.23. The SMILES string of the molecule is O=C(NCC1CC=CCC1)c1cc([N+](=O)[O-])ccc1Br. The lowest BCUT2D eigenvalue weighted by atomic mass is 9.94. The van der Waals surface area contributed by atoms with Gasteiger partial charge in [-0.05, 0) is 47.2 Å². The van der Waals surface area contributed by atoms with E-state index in [1.54, 1.807) is 0 Å². The third kappa shape index (κ3) is 3.66. The van der Waals surface area contributed by atoms with Crippen molar-refractivity contribution < 1.29 is 9.72 Å². The van der Waals surface area contributed by atoms with Crippen LogP contribution in [0.1, 0.15) is 29.6 Å². The minimum Gasteiger partial charge on any atom is -0.352 e. The van der Waals surface area contributed by atoms with Gasteiger partial charge in [0.2, 0.25) is 0 Å². The molecule has 5 nitrogen and oxygen atoms in total. The average Bonchev–Trinajstić information content (AvgIpc) is 2.46. The minimum absolute atomic E-state index is 0.0843. The van der Waals surface area contributed by atoms with Crippen LogP contribution < -0.4 is 5.32 Å². The molecule has 6 heteroatoms. The van der Waals surface area contributed by atoms with E-state index >= 15 is 0 Å². The van der Waals surface area contributed by atoms with Gasteiger partial charge in [0.05, 0.1) is 10.5 Å². The number of rotatable bonds is 4. The highest BCUT2D eigenvalue weighted by atomic mass is 79.9. The fourth-order valence-electron chi connectivity index (χ4n) is 2.17. The van der Waals surface area contributed by atoms with Crippen LogP contribution in [0, 0.1) is 16.0 Å². The first kappa shape index (κ1) is 14.7. The largest absolute Gasteiger partial charge is 0.352 e. The lowest BCUT2D eigenvalue weighted by Crippen LogP contribution is -2.30. The number of nitro benzene ring substituents is 1. The molecule has 0 saturated carbocycles. The van der Waals surface area contributed by atoms with E-state index in [1.165, 1.54) is 18.2 Å². The zero-order valence-corrected chi connectivity index (χ0v) is 12.4. The molecule has 0 heterocycles. The first-order valence-electron chi connectivity index (χ1n) is 6.45. The number of hydrogen-bond donors (Lipinski definition) is 1. The molecule has 0 radical (unpaired) electrons. The predicted molar refractivity (Wildman–Crippen MR) is 79.6 cm³/mol. The van der Waals surface area contributed by atoms with Crippen molar-refractivity contribution in [1.29, 1.82) is 0 Å². The monoisotopic (exact) mass is 338 g/mol. The number of carbonyl (C=O) groups excluding carboxylic acids is 1. The summed E-state index contributed by atoms with van der Waals surface area (Å²) >= 11 is 3.25. The number of benzene rings is 1. The summed E-state index contributed by atoms with van der Waals surface area (Å²) in [4.78, 5) is 22.3. The van der Waals surface area contributed by atoms with Crippen molar-refractivity contribution in [2.45, 2.75) is 19.3 Å². The van der Waals surface area contributed by atoms with Gasteiger partial charge in [0.15, 0.2) is 0 Å². The van der Waals surface area contributed by atoms with Gasteiger partial charge in [-0.2, -0.15) is 0 Å². The number of carbonyl (C=O) groups is 1. The maximum Gasteiger partial charge on any atom is 0.270 e. The quantitative estimate of drug-likeness (QED) is 0.519. The van der Waals surface area contributed by atoms with Crippen LogP contribution in [-0.4, -0.2) is 17.4 Å². The molecule has 1 aromatic rings. The zero-order valence-electron chi connectivity index (χ0n) is 10.8. The molecule has 0 spiro atoms. The number of hydrogen-bond acceptors (Lipinski definition) is 3. The Morgan fingerprint density at radius 3 is 2.90 bits per heavy atom. The molecular formula is C14H15BrN2O3. The molecule has 0 saturated heterocycles. The summed E-state index contributed by atoms with van der Waals surface area (Å²) in [5.74, 6) is 0.163. The number of allylic oxidation sites excluding steroid dienone is 2. The third-order valence-electron chi connectivity index (χ3n) is 3.33. The van der Waals surface area contributed by atoms with Crippen molar-refractivity contribution in [3.8, 4) is 0 Å². The lowest BCUT2D eigenvalue weighted by molar-refractivity contribution is -0.384. The third-order valence-corrected chi connectivity index (χ3v) is 4.03. The second-order valence-electron chi connectivity index (χ2n) is 4.78. The van der Waals surface area contributed by atoms with Gasteiger partial charge in [-0.25, -0.2) is 0 Å². The Balaban J connectivity index is 2.02. The van der Waals surface area contributed by atoms with E-state index in [9.17, 15) is 14.9 Å². The number of nitro groups is 1. The predicted octanol–water partition coefficient (Wildman–Crippen LogP) is 3.44. The van der Waals surface area contributed by atoms with E-state index in [1.807, 2.05) is 0 Å². The van der Waals surface area contributed by atoms with Crippen molar-refractivity contribution in [3.63, 3.8) is 0 Å². The van der Waals surface area contributed by atoms with Gasteiger partial charge in [0.25, 0.3) is 11.6 Å². The van der Waals surface area contributed by atoms with Gasteiger partial charge < -0.3 is 5.32 Å². The smallest absolute Gasteiger partial charge is 0.270 e. The molecule has 1 aromatic carbocycles. The molecule has 0 aromatic heterocycles. The summed E-state index contributed by atoms with van der Waals surface area (Å²) in [6, 6.07) is 4.18. The molecule has 0 bridgehead atoms. The number of halogens is 1. The Morgan fingerprint density at radius 1 is 1.45 bits per heavy atom. The van der Waals surface area contributed by atoms with Gasteiger partial charge >= 0.3 is 0 Å². The van der Waals surface area contributed by atoms with Crippen LogP contribution >= 0.6 is 15.9 Å².